The normalized spacial score (nSPS) is 15.8. The highest BCUT2D eigenvalue weighted by atomic mass is 32.1. The second-order valence-corrected chi connectivity index (χ2v) is 8.14. The minimum absolute atomic E-state index is 0.0189. The number of thiazole rings is 1. The first-order valence-electron chi connectivity index (χ1n) is 10.1. The number of aromatic nitrogens is 1. The van der Waals surface area contributed by atoms with Crippen molar-refractivity contribution in [1.29, 1.82) is 0 Å². The third-order valence-corrected chi connectivity index (χ3v) is 6.14. The van der Waals surface area contributed by atoms with Gasteiger partial charge < -0.3 is 14.6 Å². The van der Waals surface area contributed by atoms with Crippen molar-refractivity contribution >= 4 is 29.1 Å². The Morgan fingerprint density at radius 1 is 1.25 bits per heavy atom. The van der Waals surface area contributed by atoms with Crippen LogP contribution in [-0.2, 0) is 9.53 Å². The van der Waals surface area contributed by atoms with Crippen LogP contribution in [0.3, 0.4) is 0 Å². The topological polar surface area (TPSA) is 90.1 Å². The number of nitrogens with zero attached hydrogens (tertiary/aromatic N) is 2. The lowest BCUT2D eigenvalue weighted by molar-refractivity contribution is -0.138. The molecule has 0 saturated heterocycles. The van der Waals surface area contributed by atoms with Gasteiger partial charge in [0.2, 0.25) is 0 Å². The predicted octanol–water partition coefficient (Wildman–Crippen LogP) is 2.62. The fourth-order valence-corrected chi connectivity index (χ4v) is 4.67. The Morgan fingerprint density at radius 3 is 2.69 bits per heavy atom. The lowest BCUT2D eigenvalue weighted by Gasteiger charge is -2.22. The highest BCUT2D eigenvalue weighted by Gasteiger charge is 2.31. The van der Waals surface area contributed by atoms with Crippen LogP contribution in [0.1, 0.15) is 31.0 Å². The average Bonchev–Trinajstić information content (AvgIpc) is 3.10. The molecule has 0 radical (unpaired) electrons. The number of hydrogen-bond acceptors (Lipinski definition) is 7. The van der Waals surface area contributed by atoms with Gasteiger partial charge in [-0.15, -0.1) is 0 Å². The molecule has 2 heterocycles. The molecule has 3 aromatic rings. The van der Waals surface area contributed by atoms with Gasteiger partial charge in [-0.25, -0.2) is 9.79 Å². The lowest BCUT2D eigenvalue weighted by atomic mass is 9.97. The van der Waals surface area contributed by atoms with Crippen LogP contribution in [0, 0.1) is 0 Å². The molecular weight excluding hydrogens is 428 g/mol. The smallest absolute Gasteiger partial charge is 0.338 e. The molecule has 7 nitrogen and oxygen atoms in total. The highest BCUT2D eigenvalue weighted by Crippen LogP contribution is 2.32. The molecule has 0 amide bonds. The number of benzene rings is 2. The van der Waals surface area contributed by atoms with Crippen molar-refractivity contribution in [3.63, 3.8) is 0 Å². The number of rotatable bonds is 5. The molecule has 4 rings (SSSR count). The number of allylic oxidation sites excluding steroid dienone is 1. The van der Waals surface area contributed by atoms with Crippen LogP contribution in [0.2, 0.25) is 0 Å². The minimum Gasteiger partial charge on any atom is -0.504 e. The second kappa shape index (κ2) is 8.84. The zero-order chi connectivity index (χ0) is 22.8. The maximum Gasteiger partial charge on any atom is 0.338 e. The van der Waals surface area contributed by atoms with E-state index in [1.165, 1.54) is 29.1 Å². The van der Waals surface area contributed by atoms with E-state index in [0.29, 0.717) is 31.9 Å². The number of aromatic hydroxyl groups is 1. The molecule has 0 bridgehead atoms. The van der Waals surface area contributed by atoms with Gasteiger partial charge in [-0.05, 0) is 43.2 Å². The summed E-state index contributed by atoms with van der Waals surface area (Å²) in [5.41, 5.74) is 2.13. The van der Waals surface area contributed by atoms with E-state index in [1.807, 2.05) is 30.3 Å². The fraction of sp³-hybridized carbons (Fsp3) is 0.208. The molecule has 1 aromatic heterocycles. The molecule has 0 fully saturated rings. The summed E-state index contributed by atoms with van der Waals surface area (Å²) in [4.78, 5) is 31.3. The van der Waals surface area contributed by atoms with Crippen LogP contribution in [0.4, 0.5) is 0 Å². The summed E-state index contributed by atoms with van der Waals surface area (Å²) < 4.78 is 12.3. The number of carbonyl (C=O) groups excluding carboxylic acids is 1. The van der Waals surface area contributed by atoms with Gasteiger partial charge in [0, 0.05) is 5.70 Å². The maximum atomic E-state index is 13.2. The van der Waals surface area contributed by atoms with Crippen LogP contribution in [-0.4, -0.2) is 29.4 Å². The number of esters is 1. The third kappa shape index (κ3) is 3.85. The first-order chi connectivity index (χ1) is 15.4. The monoisotopic (exact) mass is 450 g/mol. The van der Waals surface area contributed by atoms with Crippen molar-refractivity contribution in [3.8, 4) is 11.5 Å². The quantitative estimate of drug-likeness (QED) is 0.604. The van der Waals surface area contributed by atoms with Gasteiger partial charge in [0.15, 0.2) is 16.3 Å². The second-order valence-electron chi connectivity index (χ2n) is 7.13. The van der Waals surface area contributed by atoms with E-state index in [0.717, 1.165) is 5.56 Å². The van der Waals surface area contributed by atoms with E-state index in [4.69, 9.17) is 14.5 Å². The van der Waals surface area contributed by atoms with Gasteiger partial charge in [-0.1, -0.05) is 47.7 Å². The molecule has 32 heavy (non-hydrogen) atoms. The Labute approximate surface area is 188 Å². The zero-order valence-electron chi connectivity index (χ0n) is 17.9. The van der Waals surface area contributed by atoms with Crippen LogP contribution < -0.4 is 19.6 Å². The van der Waals surface area contributed by atoms with E-state index in [1.54, 1.807) is 32.1 Å². The number of phenolic OH excluding ortho intramolecular Hbond substituents is 1. The Kier molecular flexibility index (Phi) is 5.96. The van der Waals surface area contributed by atoms with Crippen molar-refractivity contribution in [2.24, 2.45) is 4.99 Å². The van der Waals surface area contributed by atoms with Gasteiger partial charge >= 0.3 is 5.97 Å². The van der Waals surface area contributed by atoms with Gasteiger partial charge in [0.05, 0.1) is 23.8 Å². The molecule has 0 spiro atoms. The van der Waals surface area contributed by atoms with Crippen molar-refractivity contribution in [2.75, 3.05) is 13.7 Å². The Bertz CT molecular complexity index is 1390. The molecule has 1 N–H and O–H groups in total. The van der Waals surface area contributed by atoms with Crippen molar-refractivity contribution in [3.05, 3.63) is 84.9 Å². The molecule has 8 heteroatoms. The van der Waals surface area contributed by atoms with Gasteiger partial charge in [0.25, 0.3) is 5.56 Å². The lowest BCUT2D eigenvalue weighted by Crippen LogP contribution is -2.35. The van der Waals surface area contributed by atoms with Crippen molar-refractivity contribution < 1.29 is 19.4 Å². The average molecular weight is 451 g/mol. The number of methoxy groups -OCH3 is 1. The van der Waals surface area contributed by atoms with E-state index in [-0.39, 0.29) is 17.9 Å². The largest absolute Gasteiger partial charge is 0.504 e. The molecular formula is C24H22N2O5S. The zero-order valence-corrected chi connectivity index (χ0v) is 18.7. The number of phenols is 1. The van der Waals surface area contributed by atoms with E-state index in [2.05, 4.69) is 0 Å². The van der Waals surface area contributed by atoms with E-state index in [9.17, 15) is 14.7 Å². The molecule has 1 atom stereocenters. The Balaban J connectivity index is 1.93. The first kappa shape index (κ1) is 21.6. The molecule has 0 saturated carbocycles. The molecule has 0 aliphatic carbocycles. The highest BCUT2D eigenvalue weighted by molar-refractivity contribution is 7.07. The molecule has 2 aromatic carbocycles. The van der Waals surface area contributed by atoms with Crippen LogP contribution in [0.5, 0.6) is 11.5 Å². The number of fused-ring (bicyclic) bond motifs is 1. The maximum absolute atomic E-state index is 13.2. The number of ether oxygens (including phenoxy) is 2. The summed E-state index contributed by atoms with van der Waals surface area (Å²) in [6.07, 6.45) is 1.71. The summed E-state index contributed by atoms with van der Waals surface area (Å²) in [6, 6.07) is 13.8. The number of carbonyl (C=O) groups is 1. The fourth-order valence-electron chi connectivity index (χ4n) is 3.63. The first-order valence-corrected chi connectivity index (χ1v) is 10.9. The van der Waals surface area contributed by atoms with E-state index >= 15 is 0 Å². The Hall–Kier alpha value is -3.65. The molecule has 1 aliphatic heterocycles. The van der Waals surface area contributed by atoms with Gasteiger partial charge in [0.1, 0.15) is 6.04 Å². The molecule has 0 unspecified atom stereocenters. The van der Waals surface area contributed by atoms with Crippen molar-refractivity contribution in [2.45, 2.75) is 19.9 Å². The minimum atomic E-state index is -0.560. The standard InChI is InChI=1S/C24H22N2O5S/c1-4-31-23(29)20-14(2)26-22(28)19(13-15-10-11-17(27)18(12-15)30-3)32-24(26)25-21(20)16-8-6-5-7-9-16/h5-13,21,27H,4H2,1-3H3/b19-13-/t21-/m0/s1. The van der Waals surface area contributed by atoms with Gasteiger partial charge in [-0.3, -0.25) is 9.36 Å². The van der Waals surface area contributed by atoms with Crippen molar-refractivity contribution in [1.82, 2.24) is 4.57 Å². The third-order valence-electron chi connectivity index (χ3n) is 5.16. The van der Waals surface area contributed by atoms with E-state index < -0.39 is 12.0 Å². The molecule has 164 valence electrons. The van der Waals surface area contributed by atoms with Gasteiger partial charge in [-0.2, -0.15) is 0 Å². The predicted molar refractivity (Wildman–Crippen MR) is 122 cm³/mol. The summed E-state index contributed by atoms with van der Waals surface area (Å²) in [6.45, 7) is 3.71. The number of hydrogen-bond donors (Lipinski definition) is 1. The summed E-state index contributed by atoms with van der Waals surface area (Å²) in [7, 11) is 1.46. The van der Waals surface area contributed by atoms with Crippen LogP contribution >= 0.6 is 11.3 Å². The summed E-state index contributed by atoms with van der Waals surface area (Å²) in [5, 5.41) is 9.82. The summed E-state index contributed by atoms with van der Waals surface area (Å²) in [5.74, 6) is -0.153. The Morgan fingerprint density at radius 2 is 2.00 bits per heavy atom. The molecule has 1 aliphatic rings. The van der Waals surface area contributed by atoms with Crippen LogP contribution in [0.15, 0.2) is 63.9 Å². The SMILES string of the molecule is CCOC(=O)C1=C(C)n2c(s/c(=C\c3ccc(O)c(OC)c3)c2=O)=N[C@H]1c1ccccc1. The van der Waals surface area contributed by atoms with Crippen LogP contribution in [0.25, 0.3) is 11.8 Å². The summed E-state index contributed by atoms with van der Waals surface area (Å²) >= 11 is 1.24.